The monoisotopic (exact) mass is 291 g/mol. The molecule has 0 radical (unpaired) electrons. The number of rotatable bonds is 5. The van der Waals surface area contributed by atoms with Crippen LogP contribution in [-0.2, 0) is 11.3 Å². The van der Waals surface area contributed by atoms with Crippen LogP contribution in [0.2, 0.25) is 0 Å². The van der Waals surface area contributed by atoms with E-state index in [-0.39, 0.29) is 11.9 Å². The fourth-order valence-electron chi connectivity index (χ4n) is 1.91. The number of hydrogen-bond acceptors (Lipinski definition) is 3. The van der Waals surface area contributed by atoms with Gasteiger partial charge in [-0.05, 0) is 31.0 Å². The van der Waals surface area contributed by atoms with Crippen molar-refractivity contribution in [1.29, 1.82) is 0 Å². The Morgan fingerprint density at radius 2 is 1.71 bits per heavy atom. The Morgan fingerprint density at radius 3 is 2.19 bits per heavy atom. The van der Waals surface area contributed by atoms with Crippen molar-refractivity contribution in [3.63, 3.8) is 0 Å². The summed E-state index contributed by atoms with van der Waals surface area (Å²) in [6.45, 7) is 6.75. The Balaban J connectivity index is 2.61. The summed E-state index contributed by atoms with van der Waals surface area (Å²) in [5.41, 5.74) is 2.44. The van der Waals surface area contributed by atoms with Gasteiger partial charge in [0, 0.05) is 13.6 Å². The molecule has 1 aromatic carbocycles. The Kier molecular flexibility index (Phi) is 6.37. The Hall–Kier alpha value is -1.88. The van der Waals surface area contributed by atoms with E-state index in [0.717, 1.165) is 5.56 Å². The number of hydrogen-bond donors (Lipinski definition) is 2. The number of nitrogens with zero attached hydrogens (tertiary/aromatic N) is 1. The molecule has 1 aromatic rings. The third-order valence-corrected chi connectivity index (χ3v) is 3.58. The summed E-state index contributed by atoms with van der Waals surface area (Å²) in [6.07, 6.45) is 0. The highest BCUT2D eigenvalue weighted by Crippen LogP contribution is 2.15. The van der Waals surface area contributed by atoms with Gasteiger partial charge in [0.05, 0.1) is 6.04 Å². The Bertz CT molecular complexity index is 483. The van der Waals surface area contributed by atoms with Crippen molar-refractivity contribution in [1.82, 2.24) is 15.5 Å². The fraction of sp³-hybridized carbons (Fsp3) is 0.500. The molecule has 0 aliphatic heterocycles. The van der Waals surface area contributed by atoms with Crippen molar-refractivity contribution < 1.29 is 9.59 Å². The average molecular weight is 291 g/mol. The molecule has 5 nitrogen and oxygen atoms in total. The maximum absolute atomic E-state index is 11.9. The molecule has 0 saturated carbocycles. The zero-order valence-corrected chi connectivity index (χ0v) is 13.4. The lowest BCUT2D eigenvalue weighted by molar-refractivity contribution is -0.124. The van der Waals surface area contributed by atoms with Crippen molar-refractivity contribution in [2.75, 3.05) is 14.1 Å². The summed E-state index contributed by atoms with van der Waals surface area (Å²) < 4.78 is 0. The van der Waals surface area contributed by atoms with Crippen LogP contribution in [0.4, 0.5) is 4.79 Å². The molecule has 0 bridgehead atoms. The second-order valence-electron chi connectivity index (χ2n) is 5.56. The van der Waals surface area contributed by atoms with E-state index in [0.29, 0.717) is 12.5 Å². The largest absolute Gasteiger partial charge is 0.341 e. The topological polar surface area (TPSA) is 61.4 Å². The van der Waals surface area contributed by atoms with E-state index in [1.807, 2.05) is 11.9 Å². The lowest BCUT2D eigenvalue weighted by atomic mass is 10.0. The minimum absolute atomic E-state index is 0.310. The molecule has 0 aliphatic carbocycles. The highest BCUT2D eigenvalue weighted by atomic mass is 16.2. The molecule has 1 atom stereocenters. The molecule has 2 N–H and O–H groups in total. The van der Waals surface area contributed by atoms with E-state index in [9.17, 15) is 9.59 Å². The number of carbonyl (C=O) groups is 2. The smallest absolute Gasteiger partial charge is 0.321 e. The highest BCUT2D eigenvalue weighted by molar-refractivity contribution is 5.96. The van der Waals surface area contributed by atoms with Gasteiger partial charge in [-0.25, -0.2) is 4.79 Å². The van der Waals surface area contributed by atoms with Crippen molar-refractivity contribution >= 4 is 11.9 Å². The van der Waals surface area contributed by atoms with Crippen LogP contribution in [0.15, 0.2) is 24.3 Å². The minimum Gasteiger partial charge on any atom is -0.341 e. The second-order valence-corrected chi connectivity index (χ2v) is 5.56. The van der Waals surface area contributed by atoms with Crippen molar-refractivity contribution in [3.8, 4) is 0 Å². The van der Waals surface area contributed by atoms with Crippen molar-refractivity contribution in [2.24, 2.45) is 0 Å². The van der Waals surface area contributed by atoms with E-state index in [1.165, 1.54) is 12.6 Å². The number of likely N-dealkylation sites (N-methyl/N-ethyl adjacent to an activating group) is 1. The summed E-state index contributed by atoms with van der Waals surface area (Å²) >= 11 is 0. The van der Waals surface area contributed by atoms with Crippen LogP contribution in [0, 0.1) is 0 Å². The standard InChI is InChI=1S/C16H25N3O2/c1-11(2)14-8-6-13(7-9-14)10-19(5)12(3)15(20)18-16(21)17-4/h6-9,11-12H,10H2,1-5H3,(H2,17,18,20,21)/t12-/m1/s1. The zero-order chi connectivity index (χ0) is 16.0. The number of nitrogens with one attached hydrogen (secondary N) is 2. The summed E-state index contributed by atoms with van der Waals surface area (Å²) in [5.74, 6) is 0.199. The van der Waals surface area contributed by atoms with Gasteiger partial charge in [-0.1, -0.05) is 38.1 Å². The van der Waals surface area contributed by atoms with Gasteiger partial charge >= 0.3 is 6.03 Å². The van der Waals surface area contributed by atoms with Gasteiger partial charge in [-0.2, -0.15) is 0 Å². The molecule has 5 heteroatoms. The van der Waals surface area contributed by atoms with Gasteiger partial charge in [0.1, 0.15) is 0 Å². The van der Waals surface area contributed by atoms with Gasteiger partial charge in [0.25, 0.3) is 0 Å². The molecule has 1 rings (SSSR count). The van der Waals surface area contributed by atoms with Gasteiger partial charge in [0.15, 0.2) is 0 Å². The van der Waals surface area contributed by atoms with Crippen LogP contribution in [0.25, 0.3) is 0 Å². The quantitative estimate of drug-likeness (QED) is 0.873. The normalized spacial score (nSPS) is 12.3. The molecule has 0 fully saturated rings. The molecule has 0 spiro atoms. The number of carbonyl (C=O) groups excluding carboxylic acids is 2. The first-order valence-corrected chi connectivity index (χ1v) is 7.16. The van der Waals surface area contributed by atoms with Crippen LogP contribution in [0.1, 0.15) is 37.8 Å². The summed E-state index contributed by atoms with van der Waals surface area (Å²) in [6, 6.07) is 7.52. The van der Waals surface area contributed by atoms with Crippen LogP contribution in [-0.4, -0.2) is 37.0 Å². The maximum atomic E-state index is 11.9. The first-order chi connectivity index (χ1) is 9.85. The van der Waals surface area contributed by atoms with Crippen molar-refractivity contribution in [3.05, 3.63) is 35.4 Å². The zero-order valence-electron chi connectivity index (χ0n) is 13.4. The highest BCUT2D eigenvalue weighted by Gasteiger charge is 2.19. The summed E-state index contributed by atoms with van der Waals surface area (Å²) in [5, 5.41) is 4.66. The summed E-state index contributed by atoms with van der Waals surface area (Å²) in [4.78, 5) is 24.9. The van der Waals surface area contributed by atoms with Crippen LogP contribution >= 0.6 is 0 Å². The average Bonchev–Trinajstić information content (AvgIpc) is 2.46. The first kappa shape index (κ1) is 17.2. The predicted molar refractivity (Wildman–Crippen MR) is 84.1 cm³/mol. The lowest BCUT2D eigenvalue weighted by Gasteiger charge is -2.23. The first-order valence-electron chi connectivity index (χ1n) is 7.16. The number of amides is 3. The second kappa shape index (κ2) is 7.78. The Labute approximate surface area is 126 Å². The van der Waals surface area contributed by atoms with Crippen LogP contribution in [0.5, 0.6) is 0 Å². The molecular weight excluding hydrogens is 266 g/mol. The minimum atomic E-state index is -0.485. The third-order valence-electron chi connectivity index (χ3n) is 3.58. The van der Waals surface area contributed by atoms with E-state index in [2.05, 4.69) is 48.7 Å². The molecule has 0 unspecified atom stereocenters. The molecular formula is C16H25N3O2. The van der Waals surface area contributed by atoms with Crippen LogP contribution in [0.3, 0.4) is 0 Å². The molecule has 0 saturated heterocycles. The predicted octanol–water partition coefficient (Wildman–Crippen LogP) is 2.09. The van der Waals surface area contributed by atoms with E-state index >= 15 is 0 Å². The summed E-state index contributed by atoms with van der Waals surface area (Å²) in [7, 11) is 3.34. The number of urea groups is 1. The van der Waals surface area contributed by atoms with Gasteiger partial charge in [-0.3, -0.25) is 15.0 Å². The SMILES string of the molecule is CNC(=O)NC(=O)[C@@H](C)N(C)Cc1ccc(C(C)C)cc1. The molecule has 0 heterocycles. The molecule has 3 amide bonds. The van der Waals surface area contributed by atoms with Gasteiger partial charge < -0.3 is 5.32 Å². The number of benzene rings is 1. The Morgan fingerprint density at radius 1 is 1.14 bits per heavy atom. The van der Waals surface area contributed by atoms with E-state index in [1.54, 1.807) is 6.92 Å². The third kappa shape index (κ3) is 5.19. The van der Waals surface area contributed by atoms with Gasteiger partial charge in [-0.15, -0.1) is 0 Å². The molecule has 116 valence electrons. The molecule has 0 aliphatic rings. The van der Waals surface area contributed by atoms with E-state index in [4.69, 9.17) is 0 Å². The number of imide groups is 1. The lowest BCUT2D eigenvalue weighted by Crippen LogP contribution is -2.47. The van der Waals surface area contributed by atoms with Crippen LogP contribution < -0.4 is 10.6 Å². The fourth-order valence-corrected chi connectivity index (χ4v) is 1.91. The molecule has 21 heavy (non-hydrogen) atoms. The molecule has 0 aromatic heterocycles. The maximum Gasteiger partial charge on any atom is 0.321 e. The van der Waals surface area contributed by atoms with E-state index < -0.39 is 6.03 Å². The van der Waals surface area contributed by atoms with Gasteiger partial charge in [0.2, 0.25) is 5.91 Å². The van der Waals surface area contributed by atoms with Crippen molar-refractivity contribution in [2.45, 2.75) is 39.3 Å².